The first kappa shape index (κ1) is 16.5. The molecule has 1 amide bonds. The standard InChI is InChI=1S/C16H15Cl2NO3/c1-2-21-13-6-4-12(5-7-13)19-16(20)10-22-15-9-11(17)3-8-14(15)18/h3-9H,2,10H2,1H3,(H,19,20). The van der Waals surface area contributed by atoms with Crippen molar-refractivity contribution in [2.75, 3.05) is 18.5 Å². The number of carbonyl (C=O) groups is 1. The second-order valence-electron chi connectivity index (χ2n) is 4.37. The lowest BCUT2D eigenvalue weighted by molar-refractivity contribution is -0.118. The molecule has 0 unspecified atom stereocenters. The predicted molar refractivity (Wildman–Crippen MR) is 88.2 cm³/mol. The van der Waals surface area contributed by atoms with Gasteiger partial charge < -0.3 is 14.8 Å². The molecule has 0 saturated carbocycles. The predicted octanol–water partition coefficient (Wildman–Crippen LogP) is 4.41. The maximum absolute atomic E-state index is 11.8. The Hall–Kier alpha value is -1.91. The van der Waals surface area contributed by atoms with Gasteiger partial charge in [0.1, 0.15) is 11.5 Å². The number of amides is 1. The highest BCUT2D eigenvalue weighted by Gasteiger charge is 2.07. The molecule has 1 N–H and O–H groups in total. The van der Waals surface area contributed by atoms with Gasteiger partial charge in [-0.1, -0.05) is 23.2 Å². The molecule has 2 aromatic rings. The van der Waals surface area contributed by atoms with Gasteiger partial charge in [-0.15, -0.1) is 0 Å². The molecular formula is C16H15Cl2NO3. The molecule has 0 aliphatic rings. The molecular weight excluding hydrogens is 325 g/mol. The number of benzene rings is 2. The van der Waals surface area contributed by atoms with E-state index in [-0.39, 0.29) is 12.5 Å². The molecule has 0 fully saturated rings. The van der Waals surface area contributed by atoms with E-state index in [0.717, 1.165) is 5.75 Å². The highest BCUT2D eigenvalue weighted by atomic mass is 35.5. The lowest BCUT2D eigenvalue weighted by Gasteiger charge is -2.09. The van der Waals surface area contributed by atoms with Gasteiger partial charge in [0.05, 0.1) is 11.6 Å². The molecule has 0 aromatic heterocycles. The van der Waals surface area contributed by atoms with E-state index in [1.54, 1.807) is 42.5 Å². The maximum Gasteiger partial charge on any atom is 0.262 e. The fraction of sp³-hybridized carbons (Fsp3) is 0.188. The molecule has 0 radical (unpaired) electrons. The third-order valence-corrected chi connectivity index (χ3v) is 3.25. The van der Waals surface area contributed by atoms with Gasteiger partial charge in [0, 0.05) is 16.8 Å². The van der Waals surface area contributed by atoms with Crippen molar-refractivity contribution >= 4 is 34.8 Å². The van der Waals surface area contributed by atoms with Crippen LogP contribution in [-0.2, 0) is 4.79 Å². The number of nitrogens with one attached hydrogen (secondary N) is 1. The molecule has 2 rings (SSSR count). The smallest absolute Gasteiger partial charge is 0.262 e. The number of anilines is 1. The minimum atomic E-state index is -0.291. The zero-order valence-corrected chi connectivity index (χ0v) is 13.4. The van der Waals surface area contributed by atoms with Crippen molar-refractivity contribution in [2.45, 2.75) is 6.92 Å². The zero-order chi connectivity index (χ0) is 15.9. The Kier molecular flexibility index (Phi) is 5.92. The van der Waals surface area contributed by atoms with Gasteiger partial charge in [-0.05, 0) is 43.3 Å². The minimum Gasteiger partial charge on any atom is -0.494 e. The second kappa shape index (κ2) is 7.92. The van der Waals surface area contributed by atoms with E-state index >= 15 is 0 Å². The van der Waals surface area contributed by atoms with E-state index in [9.17, 15) is 4.79 Å². The molecule has 0 spiro atoms. The molecule has 0 saturated heterocycles. The van der Waals surface area contributed by atoms with E-state index in [1.165, 1.54) is 0 Å². The summed E-state index contributed by atoms with van der Waals surface area (Å²) in [6.07, 6.45) is 0. The zero-order valence-electron chi connectivity index (χ0n) is 11.9. The first-order chi connectivity index (χ1) is 10.6. The van der Waals surface area contributed by atoms with Crippen molar-refractivity contribution in [2.24, 2.45) is 0 Å². The summed E-state index contributed by atoms with van der Waals surface area (Å²) in [5.74, 6) is 0.832. The molecule has 2 aromatic carbocycles. The highest BCUT2D eigenvalue weighted by Crippen LogP contribution is 2.27. The van der Waals surface area contributed by atoms with Gasteiger partial charge >= 0.3 is 0 Å². The fourth-order valence-electron chi connectivity index (χ4n) is 1.73. The molecule has 0 aliphatic heterocycles. The van der Waals surface area contributed by atoms with Crippen molar-refractivity contribution in [3.8, 4) is 11.5 Å². The molecule has 0 aliphatic carbocycles. The average molecular weight is 340 g/mol. The van der Waals surface area contributed by atoms with Crippen LogP contribution in [0.1, 0.15) is 6.92 Å². The SMILES string of the molecule is CCOc1ccc(NC(=O)COc2cc(Cl)ccc2Cl)cc1. The Morgan fingerprint density at radius 1 is 1.09 bits per heavy atom. The van der Waals surface area contributed by atoms with Crippen molar-refractivity contribution in [1.82, 2.24) is 0 Å². The van der Waals surface area contributed by atoms with Gasteiger partial charge in [-0.25, -0.2) is 0 Å². The Balaban J connectivity index is 1.88. The summed E-state index contributed by atoms with van der Waals surface area (Å²) < 4.78 is 10.7. The van der Waals surface area contributed by atoms with Crippen molar-refractivity contribution in [3.05, 3.63) is 52.5 Å². The summed E-state index contributed by atoms with van der Waals surface area (Å²) in [4.78, 5) is 11.8. The summed E-state index contributed by atoms with van der Waals surface area (Å²) >= 11 is 11.8. The van der Waals surface area contributed by atoms with E-state index in [4.69, 9.17) is 32.7 Å². The van der Waals surface area contributed by atoms with Crippen LogP contribution < -0.4 is 14.8 Å². The summed E-state index contributed by atoms with van der Waals surface area (Å²) in [6.45, 7) is 2.35. The van der Waals surface area contributed by atoms with Crippen LogP contribution in [0.25, 0.3) is 0 Å². The van der Waals surface area contributed by atoms with E-state index < -0.39 is 0 Å². The van der Waals surface area contributed by atoms with Crippen LogP contribution in [0.4, 0.5) is 5.69 Å². The summed E-state index contributed by atoms with van der Waals surface area (Å²) in [7, 11) is 0. The minimum absolute atomic E-state index is 0.159. The first-order valence-electron chi connectivity index (χ1n) is 6.69. The van der Waals surface area contributed by atoms with E-state index in [2.05, 4.69) is 5.32 Å². The van der Waals surface area contributed by atoms with Crippen LogP contribution in [0.5, 0.6) is 11.5 Å². The molecule has 0 heterocycles. The first-order valence-corrected chi connectivity index (χ1v) is 7.44. The van der Waals surface area contributed by atoms with E-state index in [1.807, 2.05) is 6.92 Å². The quantitative estimate of drug-likeness (QED) is 0.847. The number of hydrogen-bond acceptors (Lipinski definition) is 3. The van der Waals surface area contributed by atoms with Gasteiger partial charge in [-0.2, -0.15) is 0 Å². The van der Waals surface area contributed by atoms with Crippen LogP contribution in [-0.4, -0.2) is 19.1 Å². The largest absolute Gasteiger partial charge is 0.494 e. The third kappa shape index (κ3) is 4.83. The van der Waals surface area contributed by atoms with Gasteiger partial charge in [0.25, 0.3) is 5.91 Å². The van der Waals surface area contributed by atoms with Gasteiger partial charge in [-0.3, -0.25) is 4.79 Å². The number of carbonyl (C=O) groups excluding carboxylic acids is 1. The van der Waals surface area contributed by atoms with Crippen LogP contribution in [0.15, 0.2) is 42.5 Å². The van der Waals surface area contributed by atoms with Crippen LogP contribution in [0.2, 0.25) is 10.0 Å². The fourth-order valence-corrected chi connectivity index (χ4v) is 2.06. The number of halogens is 2. The Labute approximate surface area is 138 Å². The molecule has 4 nitrogen and oxygen atoms in total. The third-order valence-electron chi connectivity index (χ3n) is 2.70. The normalized spacial score (nSPS) is 10.1. The lowest BCUT2D eigenvalue weighted by atomic mass is 10.3. The number of ether oxygens (including phenoxy) is 2. The molecule has 0 atom stereocenters. The van der Waals surface area contributed by atoms with Crippen LogP contribution in [0, 0.1) is 0 Å². The van der Waals surface area contributed by atoms with Gasteiger partial charge in [0.15, 0.2) is 6.61 Å². The molecule has 6 heteroatoms. The number of rotatable bonds is 6. The summed E-state index contributed by atoms with van der Waals surface area (Å²) in [5.41, 5.74) is 0.661. The van der Waals surface area contributed by atoms with Crippen LogP contribution in [0.3, 0.4) is 0 Å². The Morgan fingerprint density at radius 3 is 2.50 bits per heavy atom. The van der Waals surface area contributed by atoms with E-state index in [0.29, 0.717) is 28.1 Å². The van der Waals surface area contributed by atoms with Crippen molar-refractivity contribution < 1.29 is 14.3 Å². The molecule has 116 valence electrons. The highest BCUT2D eigenvalue weighted by molar-refractivity contribution is 6.34. The summed E-state index contributed by atoms with van der Waals surface area (Å²) in [5, 5.41) is 3.61. The van der Waals surface area contributed by atoms with Gasteiger partial charge in [0.2, 0.25) is 0 Å². The second-order valence-corrected chi connectivity index (χ2v) is 5.21. The lowest BCUT2D eigenvalue weighted by Crippen LogP contribution is -2.20. The van der Waals surface area contributed by atoms with Crippen LogP contribution >= 0.6 is 23.2 Å². The summed E-state index contributed by atoms with van der Waals surface area (Å²) in [6, 6.07) is 11.9. The Morgan fingerprint density at radius 2 is 1.82 bits per heavy atom. The molecule has 22 heavy (non-hydrogen) atoms. The Bertz CT molecular complexity index is 644. The number of hydrogen-bond donors (Lipinski definition) is 1. The van der Waals surface area contributed by atoms with Crippen molar-refractivity contribution in [3.63, 3.8) is 0 Å². The molecule has 0 bridgehead atoms. The average Bonchev–Trinajstić information content (AvgIpc) is 2.50. The maximum atomic E-state index is 11.8. The van der Waals surface area contributed by atoms with Crippen molar-refractivity contribution in [1.29, 1.82) is 0 Å². The monoisotopic (exact) mass is 339 g/mol. The topological polar surface area (TPSA) is 47.6 Å².